The predicted octanol–water partition coefficient (Wildman–Crippen LogP) is 3.46. The number of nitrogens with one attached hydrogen (secondary N) is 1. The molecule has 106 valence electrons. The van der Waals surface area contributed by atoms with Crippen LogP contribution in [0, 0.1) is 5.82 Å². The zero-order valence-corrected chi connectivity index (χ0v) is 12.0. The maximum atomic E-state index is 13.7. The molecule has 0 spiro atoms. The van der Waals surface area contributed by atoms with Crippen LogP contribution in [0.3, 0.4) is 0 Å². The Kier molecular flexibility index (Phi) is 5.33. The highest BCUT2D eigenvalue weighted by Crippen LogP contribution is 2.11. The molecule has 4 heteroatoms. The summed E-state index contributed by atoms with van der Waals surface area (Å²) >= 11 is 0. The number of hydrogen-bond donors (Lipinski definition) is 1. The van der Waals surface area contributed by atoms with Gasteiger partial charge in [-0.1, -0.05) is 19.1 Å². The number of halogens is 1. The van der Waals surface area contributed by atoms with Gasteiger partial charge in [-0.15, -0.1) is 0 Å². The van der Waals surface area contributed by atoms with Gasteiger partial charge in [0, 0.05) is 6.54 Å². The van der Waals surface area contributed by atoms with E-state index in [4.69, 9.17) is 4.74 Å². The first-order chi connectivity index (χ1) is 8.81. The van der Waals surface area contributed by atoms with Crippen molar-refractivity contribution >= 4 is 6.09 Å². The van der Waals surface area contributed by atoms with Crippen molar-refractivity contribution in [2.45, 2.75) is 46.1 Å². The fraction of sp³-hybridized carbons (Fsp3) is 0.533. The zero-order chi connectivity index (χ0) is 14.5. The lowest BCUT2D eigenvalue weighted by molar-refractivity contribution is 0.0528. The standard InChI is InChI=1S/C15H22FNO2/c1-5-11-6-7-12(13(16)10-11)8-9-17-14(18)19-15(2,3)4/h6-7,10H,5,8-9H2,1-4H3,(H,17,18). The van der Waals surface area contributed by atoms with Crippen molar-refractivity contribution < 1.29 is 13.9 Å². The monoisotopic (exact) mass is 267 g/mol. The molecule has 3 nitrogen and oxygen atoms in total. The van der Waals surface area contributed by atoms with Crippen LogP contribution in [0.25, 0.3) is 0 Å². The van der Waals surface area contributed by atoms with Crippen LogP contribution in [-0.4, -0.2) is 18.2 Å². The molecule has 1 amide bonds. The van der Waals surface area contributed by atoms with Crippen molar-refractivity contribution in [1.29, 1.82) is 0 Å². The second-order valence-corrected chi connectivity index (χ2v) is 5.46. The SMILES string of the molecule is CCc1ccc(CCNC(=O)OC(C)(C)C)c(F)c1. The molecular formula is C15H22FNO2. The Hall–Kier alpha value is -1.58. The van der Waals surface area contributed by atoms with E-state index in [-0.39, 0.29) is 5.82 Å². The van der Waals surface area contributed by atoms with E-state index < -0.39 is 11.7 Å². The minimum absolute atomic E-state index is 0.217. The Morgan fingerprint density at radius 3 is 2.58 bits per heavy atom. The van der Waals surface area contributed by atoms with E-state index in [2.05, 4.69) is 5.32 Å². The summed E-state index contributed by atoms with van der Waals surface area (Å²) in [6.45, 7) is 7.75. The minimum Gasteiger partial charge on any atom is -0.444 e. The summed E-state index contributed by atoms with van der Waals surface area (Å²) in [4.78, 5) is 11.4. The molecule has 19 heavy (non-hydrogen) atoms. The molecule has 0 atom stereocenters. The molecule has 0 unspecified atom stereocenters. The normalized spacial score (nSPS) is 11.2. The number of amides is 1. The van der Waals surface area contributed by atoms with Gasteiger partial charge in [0.2, 0.25) is 0 Å². The Labute approximate surface area is 114 Å². The lowest BCUT2D eigenvalue weighted by Gasteiger charge is -2.19. The highest BCUT2D eigenvalue weighted by molar-refractivity contribution is 5.67. The van der Waals surface area contributed by atoms with E-state index in [0.29, 0.717) is 18.5 Å². The molecule has 1 aromatic carbocycles. The van der Waals surface area contributed by atoms with Crippen molar-refractivity contribution in [2.24, 2.45) is 0 Å². The van der Waals surface area contributed by atoms with Gasteiger partial charge in [-0.25, -0.2) is 9.18 Å². The quantitative estimate of drug-likeness (QED) is 0.907. The van der Waals surface area contributed by atoms with Gasteiger partial charge >= 0.3 is 6.09 Å². The van der Waals surface area contributed by atoms with Crippen LogP contribution in [0.4, 0.5) is 9.18 Å². The van der Waals surface area contributed by atoms with E-state index in [0.717, 1.165) is 12.0 Å². The Bertz CT molecular complexity index is 438. The number of hydrogen-bond acceptors (Lipinski definition) is 2. The van der Waals surface area contributed by atoms with Crippen molar-refractivity contribution in [3.8, 4) is 0 Å². The molecule has 0 saturated carbocycles. The first kappa shape index (κ1) is 15.5. The second kappa shape index (κ2) is 6.55. The molecule has 1 aromatic rings. The van der Waals surface area contributed by atoms with Gasteiger partial charge in [0.1, 0.15) is 11.4 Å². The summed E-state index contributed by atoms with van der Waals surface area (Å²) < 4.78 is 18.8. The summed E-state index contributed by atoms with van der Waals surface area (Å²) in [7, 11) is 0. The summed E-state index contributed by atoms with van der Waals surface area (Å²) in [5.74, 6) is -0.217. The van der Waals surface area contributed by atoms with Crippen LogP contribution < -0.4 is 5.32 Å². The van der Waals surface area contributed by atoms with Crippen molar-refractivity contribution in [3.05, 3.63) is 35.1 Å². The fourth-order valence-corrected chi connectivity index (χ4v) is 1.63. The highest BCUT2D eigenvalue weighted by Gasteiger charge is 2.15. The summed E-state index contributed by atoms with van der Waals surface area (Å²) in [5.41, 5.74) is 1.06. The van der Waals surface area contributed by atoms with Crippen LogP contribution in [0.1, 0.15) is 38.8 Å². The molecule has 0 heterocycles. The Morgan fingerprint density at radius 1 is 1.37 bits per heavy atom. The van der Waals surface area contributed by atoms with Crippen LogP contribution in [0.15, 0.2) is 18.2 Å². The van der Waals surface area contributed by atoms with Gasteiger partial charge < -0.3 is 10.1 Å². The Balaban J connectivity index is 2.43. The van der Waals surface area contributed by atoms with E-state index >= 15 is 0 Å². The van der Waals surface area contributed by atoms with Gasteiger partial charge in [-0.2, -0.15) is 0 Å². The van der Waals surface area contributed by atoms with E-state index in [1.165, 1.54) is 0 Å². The molecule has 0 aliphatic carbocycles. The average Bonchev–Trinajstić information content (AvgIpc) is 2.28. The maximum Gasteiger partial charge on any atom is 0.407 e. The van der Waals surface area contributed by atoms with Crippen molar-refractivity contribution in [3.63, 3.8) is 0 Å². The van der Waals surface area contributed by atoms with Gasteiger partial charge in [0.15, 0.2) is 0 Å². The highest BCUT2D eigenvalue weighted by atomic mass is 19.1. The number of benzene rings is 1. The molecule has 0 aliphatic heterocycles. The van der Waals surface area contributed by atoms with Crippen LogP contribution in [0.2, 0.25) is 0 Å². The van der Waals surface area contributed by atoms with Crippen LogP contribution in [-0.2, 0) is 17.6 Å². The third-order valence-electron chi connectivity index (χ3n) is 2.59. The largest absolute Gasteiger partial charge is 0.444 e. The first-order valence-electron chi connectivity index (χ1n) is 6.56. The molecule has 1 N–H and O–H groups in total. The predicted molar refractivity (Wildman–Crippen MR) is 73.7 cm³/mol. The third kappa shape index (κ3) is 5.73. The summed E-state index contributed by atoms with van der Waals surface area (Å²) in [6.07, 6.45) is 0.792. The fourth-order valence-electron chi connectivity index (χ4n) is 1.63. The molecule has 1 rings (SSSR count). The van der Waals surface area contributed by atoms with Gasteiger partial charge in [0.05, 0.1) is 0 Å². The lowest BCUT2D eigenvalue weighted by Crippen LogP contribution is -2.33. The molecule has 0 fully saturated rings. The first-order valence-corrected chi connectivity index (χ1v) is 6.56. The molecule has 0 saturated heterocycles. The van der Waals surface area contributed by atoms with Crippen LogP contribution in [0.5, 0.6) is 0 Å². The van der Waals surface area contributed by atoms with E-state index in [9.17, 15) is 9.18 Å². The number of ether oxygens (including phenoxy) is 1. The number of rotatable bonds is 4. The summed E-state index contributed by atoms with van der Waals surface area (Å²) in [5, 5.41) is 2.62. The topological polar surface area (TPSA) is 38.3 Å². The van der Waals surface area contributed by atoms with E-state index in [1.54, 1.807) is 32.9 Å². The van der Waals surface area contributed by atoms with Gasteiger partial charge in [0.25, 0.3) is 0 Å². The smallest absolute Gasteiger partial charge is 0.407 e. The zero-order valence-electron chi connectivity index (χ0n) is 12.0. The number of carbonyl (C=O) groups excluding carboxylic acids is 1. The number of aryl methyl sites for hydroxylation is 1. The molecule has 0 bridgehead atoms. The van der Waals surface area contributed by atoms with Gasteiger partial charge in [-0.05, 0) is 50.8 Å². The second-order valence-electron chi connectivity index (χ2n) is 5.46. The molecule has 0 aliphatic rings. The lowest BCUT2D eigenvalue weighted by atomic mass is 10.1. The van der Waals surface area contributed by atoms with Crippen molar-refractivity contribution in [1.82, 2.24) is 5.32 Å². The molecule has 0 radical (unpaired) electrons. The van der Waals surface area contributed by atoms with Crippen LogP contribution >= 0.6 is 0 Å². The third-order valence-corrected chi connectivity index (χ3v) is 2.59. The van der Waals surface area contributed by atoms with Gasteiger partial charge in [-0.3, -0.25) is 0 Å². The molecule has 0 aromatic heterocycles. The molecular weight excluding hydrogens is 245 g/mol. The average molecular weight is 267 g/mol. The summed E-state index contributed by atoms with van der Waals surface area (Å²) in [6, 6.07) is 5.22. The number of alkyl carbamates (subject to hydrolysis) is 1. The van der Waals surface area contributed by atoms with E-state index in [1.807, 2.05) is 13.0 Å². The number of carbonyl (C=O) groups is 1. The Morgan fingerprint density at radius 2 is 2.05 bits per heavy atom. The van der Waals surface area contributed by atoms with Crippen molar-refractivity contribution in [2.75, 3.05) is 6.54 Å². The minimum atomic E-state index is -0.516. The maximum absolute atomic E-state index is 13.7.